The van der Waals surface area contributed by atoms with Gasteiger partial charge in [0, 0.05) is 37.8 Å². The molecule has 2 N–H and O–H groups in total. The van der Waals surface area contributed by atoms with Crippen molar-refractivity contribution in [3.8, 4) is 0 Å². The first-order valence-corrected chi connectivity index (χ1v) is 10.7. The summed E-state index contributed by atoms with van der Waals surface area (Å²) >= 11 is 0. The first kappa shape index (κ1) is 18.2. The number of benzene rings is 2. The predicted octanol–water partition coefficient (Wildman–Crippen LogP) is 2.12. The molecule has 6 nitrogen and oxygen atoms in total. The Labute approximate surface area is 159 Å². The van der Waals surface area contributed by atoms with Crippen molar-refractivity contribution in [3.05, 3.63) is 59.7 Å². The van der Waals surface area contributed by atoms with Crippen LogP contribution in [-0.2, 0) is 27.8 Å². The average molecular weight is 385 g/mol. The summed E-state index contributed by atoms with van der Waals surface area (Å²) in [5.74, 6) is -0.0271. The molecule has 2 aliphatic rings. The summed E-state index contributed by atoms with van der Waals surface area (Å²) in [6.45, 7) is 2.41. The van der Waals surface area contributed by atoms with E-state index in [0.717, 1.165) is 25.1 Å². The third kappa shape index (κ3) is 4.21. The Bertz CT molecular complexity index is 944. The van der Waals surface area contributed by atoms with E-state index in [1.807, 2.05) is 18.2 Å². The second kappa shape index (κ2) is 7.42. The van der Waals surface area contributed by atoms with Crippen LogP contribution >= 0.6 is 0 Å². The minimum atomic E-state index is -3.58. The number of sulfonamides is 1. The summed E-state index contributed by atoms with van der Waals surface area (Å²) in [6, 6.07) is 15.0. The molecule has 2 aromatic rings. The van der Waals surface area contributed by atoms with Crippen molar-refractivity contribution >= 4 is 21.6 Å². The Morgan fingerprint density at radius 1 is 1.11 bits per heavy atom. The van der Waals surface area contributed by atoms with Gasteiger partial charge in [0.1, 0.15) is 0 Å². The minimum Gasteiger partial charge on any atom is -0.326 e. The number of nitrogens with zero attached hydrogens (tertiary/aromatic N) is 1. The van der Waals surface area contributed by atoms with Crippen LogP contribution in [0.5, 0.6) is 0 Å². The molecule has 0 unspecified atom stereocenters. The third-order valence-corrected chi connectivity index (χ3v) is 6.64. The molecule has 0 aliphatic carbocycles. The Morgan fingerprint density at radius 2 is 1.93 bits per heavy atom. The van der Waals surface area contributed by atoms with E-state index in [0.29, 0.717) is 25.1 Å². The number of hydrogen-bond donors (Lipinski definition) is 2. The van der Waals surface area contributed by atoms with E-state index in [4.69, 9.17) is 0 Å². The number of nitrogens with one attached hydrogen (secondary N) is 2. The van der Waals surface area contributed by atoms with Crippen LogP contribution in [0.25, 0.3) is 0 Å². The zero-order chi connectivity index (χ0) is 18.9. The van der Waals surface area contributed by atoms with Gasteiger partial charge in [-0.3, -0.25) is 9.69 Å². The zero-order valence-corrected chi connectivity index (χ0v) is 15.8. The molecule has 142 valence electrons. The van der Waals surface area contributed by atoms with Crippen molar-refractivity contribution < 1.29 is 13.2 Å². The van der Waals surface area contributed by atoms with E-state index in [9.17, 15) is 13.2 Å². The lowest BCUT2D eigenvalue weighted by molar-refractivity contribution is -0.116. The average Bonchev–Trinajstić information content (AvgIpc) is 3.08. The van der Waals surface area contributed by atoms with Gasteiger partial charge >= 0.3 is 0 Å². The molecule has 1 fully saturated rings. The highest BCUT2D eigenvalue weighted by molar-refractivity contribution is 7.89. The van der Waals surface area contributed by atoms with Crippen LogP contribution < -0.4 is 10.0 Å². The standard InChI is InChI=1S/C20H23N3O3S/c24-20-9-6-16-12-18(7-8-19(16)21-20)27(25,26)22-17-10-11-23(14-17)13-15-4-2-1-3-5-15/h1-5,7-8,12,17,22H,6,9-11,13-14H2,(H,21,24)/t17-/m0/s1. The van der Waals surface area contributed by atoms with E-state index in [-0.39, 0.29) is 16.8 Å². The minimum absolute atomic E-state index is 0.0271. The molecule has 0 radical (unpaired) electrons. The van der Waals surface area contributed by atoms with Gasteiger partial charge in [0.05, 0.1) is 4.90 Å². The SMILES string of the molecule is O=C1CCc2cc(S(=O)(=O)N[C@H]3CCN(Cc4ccccc4)C3)ccc2N1. The Kier molecular flexibility index (Phi) is 4.99. The molecular weight excluding hydrogens is 362 g/mol. The monoisotopic (exact) mass is 385 g/mol. The van der Waals surface area contributed by atoms with Crippen molar-refractivity contribution in [2.45, 2.75) is 36.7 Å². The lowest BCUT2D eigenvalue weighted by Crippen LogP contribution is -2.37. The van der Waals surface area contributed by atoms with E-state index in [1.165, 1.54) is 5.56 Å². The van der Waals surface area contributed by atoms with Crippen LogP contribution in [-0.4, -0.2) is 38.4 Å². The Hall–Kier alpha value is -2.22. The quantitative estimate of drug-likeness (QED) is 0.826. The highest BCUT2D eigenvalue weighted by Crippen LogP contribution is 2.26. The number of hydrogen-bond acceptors (Lipinski definition) is 4. The van der Waals surface area contributed by atoms with Crippen molar-refractivity contribution in [2.24, 2.45) is 0 Å². The smallest absolute Gasteiger partial charge is 0.240 e. The molecule has 1 atom stereocenters. The fourth-order valence-electron chi connectivity index (χ4n) is 3.73. The highest BCUT2D eigenvalue weighted by atomic mass is 32.2. The molecular formula is C20H23N3O3S. The molecule has 7 heteroatoms. The summed E-state index contributed by atoms with van der Waals surface area (Å²) in [5, 5.41) is 2.78. The summed E-state index contributed by atoms with van der Waals surface area (Å²) < 4.78 is 28.4. The molecule has 0 spiro atoms. The fourth-order valence-corrected chi connectivity index (χ4v) is 5.04. The lowest BCUT2D eigenvalue weighted by atomic mass is 10.0. The van der Waals surface area contributed by atoms with Crippen molar-refractivity contribution in [1.29, 1.82) is 0 Å². The van der Waals surface area contributed by atoms with Crippen LogP contribution in [0.1, 0.15) is 24.0 Å². The molecule has 2 heterocycles. The number of rotatable bonds is 5. The zero-order valence-electron chi connectivity index (χ0n) is 15.0. The molecule has 1 saturated heterocycles. The summed E-state index contributed by atoms with van der Waals surface area (Å²) in [4.78, 5) is 14.0. The molecule has 4 rings (SSSR count). The van der Waals surface area contributed by atoms with Crippen LogP contribution in [0.15, 0.2) is 53.4 Å². The van der Waals surface area contributed by atoms with Crippen molar-refractivity contribution in [2.75, 3.05) is 18.4 Å². The van der Waals surface area contributed by atoms with E-state index < -0.39 is 10.0 Å². The maximum atomic E-state index is 12.8. The number of fused-ring (bicyclic) bond motifs is 1. The molecule has 27 heavy (non-hydrogen) atoms. The highest BCUT2D eigenvalue weighted by Gasteiger charge is 2.28. The number of carbonyl (C=O) groups is 1. The molecule has 0 saturated carbocycles. The lowest BCUT2D eigenvalue weighted by Gasteiger charge is -2.19. The predicted molar refractivity (Wildman–Crippen MR) is 104 cm³/mol. The van der Waals surface area contributed by atoms with Gasteiger partial charge in [0.25, 0.3) is 0 Å². The van der Waals surface area contributed by atoms with Gasteiger partial charge in [-0.05, 0) is 42.2 Å². The molecule has 1 amide bonds. The third-order valence-electron chi connectivity index (χ3n) is 5.13. The van der Waals surface area contributed by atoms with Crippen LogP contribution in [0.4, 0.5) is 5.69 Å². The Morgan fingerprint density at radius 3 is 2.74 bits per heavy atom. The van der Waals surface area contributed by atoms with Gasteiger partial charge in [-0.2, -0.15) is 0 Å². The Balaban J connectivity index is 1.41. The van der Waals surface area contributed by atoms with E-state index in [1.54, 1.807) is 18.2 Å². The number of amides is 1. The summed E-state index contributed by atoms with van der Waals surface area (Å²) in [6.07, 6.45) is 1.76. The number of aryl methyl sites for hydroxylation is 1. The second-order valence-corrected chi connectivity index (χ2v) is 8.91. The molecule has 2 aliphatic heterocycles. The van der Waals surface area contributed by atoms with Gasteiger partial charge in [-0.25, -0.2) is 13.1 Å². The first-order chi connectivity index (χ1) is 13.0. The van der Waals surface area contributed by atoms with E-state index >= 15 is 0 Å². The van der Waals surface area contributed by atoms with Gasteiger partial charge < -0.3 is 5.32 Å². The fraction of sp³-hybridized carbons (Fsp3) is 0.350. The second-order valence-electron chi connectivity index (χ2n) is 7.19. The maximum Gasteiger partial charge on any atom is 0.240 e. The largest absolute Gasteiger partial charge is 0.326 e. The van der Waals surface area contributed by atoms with E-state index in [2.05, 4.69) is 27.1 Å². The summed E-state index contributed by atoms with van der Waals surface area (Å²) in [7, 11) is -3.58. The number of carbonyl (C=O) groups excluding carboxylic acids is 1. The topological polar surface area (TPSA) is 78.5 Å². The van der Waals surface area contributed by atoms with Crippen molar-refractivity contribution in [1.82, 2.24) is 9.62 Å². The summed E-state index contributed by atoms with van der Waals surface area (Å²) in [5.41, 5.74) is 2.81. The van der Waals surface area contributed by atoms with Crippen LogP contribution in [0.2, 0.25) is 0 Å². The van der Waals surface area contributed by atoms with Gasteiger partial charge in [0.15, 0.2) is 0 Å². The first-order valence-electron chi connectivity index (χ1n) is 9.21. The van der Waals surface area contributed by atoms with Gasteiger partial charge in [-0.1, -0.05) is 30.3 Å². The van der Waals surface area contributed by atoms with Gasteiger partial charge in [0.2, 0.25) is 15.9 Å². The maximum absolute atomic E-state index is 12.8. The normalized spacial score (nSPS) is 20.3. The molecule has 2 aromatic carbocycles. The van der Waals surface area contributed by atoms with Crippen molar-refractivity contribution in [3.63, 3.8) is 0 Å². The molecule has 0 aromatic heterocycles. The van der Waals surface area contributed by atoms with Crippen LogP contribution in [0, 0.1) is 0 Å². The van der Waals surface area contributed by atoms with Gasteiger partial charge in [-0.15, -0.1) is 0 Å². The molecule has 0 bridgehead atoms. The van der Waals surface area contributed by atoms with Crippen LogP contribution in [0.3, 0.4) is 0 Å². The number of likely N-dealkylation sites (tertiary alicyclic amines) is 1. The number of anilines is 1.